The number of Topliss-reactive ketones (excluding diaryl/α,β-unsaturated/α-hetero) is 1. The Kier molecular flexibility index (Phi) is 1.25. The van der Waals surface area contributed by atoms with Gasteiger partial charge in [-0.05, 0) is 11.3 Å². The van der Waals surface area contributed by atoms with Gasteiger partial charge >= 0.3 is 0 Å². The lowest BCUT2D eigenvalue weighted by molar-refractivity contribution is -0.112. The minimum atomic E-state index is -0.0185. The predicted molar refractivity (Wildman–Crippen MR) is 39.1 cm³/mol. The lowest BCUT2D eigenvalue weighted by atomic mass is 10.2. The van der Waals surface area contributed by atoms with Crippen LogP contribution >= 0.6 is 0 Å². The van der Waals surface area contributed by atoms with Gasteiger partial charge < -0.3 is 0 Å². The third kappa shape index (κ3) is 0.920. The number of hydrogen-bond acceptors (Lipinski definition) is 4. The number of nitrogens with zero attached hydrogens (tertiary/aromatic N) is 3. The Morgan fingerprint density at radius 1 is 1.45 bits per heavy atom. The average Bonchev–Trinajstić information content (AvgIpc) is 2.40. The van der Waals surface area contributed by atoms with E-state index in [4.69, 9.17) is 0 Å². The summed E-state index contributed by atoms with van der Waals surface area (Å²) < 4.78 is 0. The molecule has 2 aliphatic rings. The molecule has 4 heteroatoms. The van der Waals surface area contributed by atoms with Gasteiger partial charge in [0.15, 0.2) is 11.5 Å². The van der Waals surface area contributed by atoms with Gasteiger partial charge in [0.1, 0.15) is 5.70 Å². The standard InChI is InChI=1S/C7H5N3O/c11-6-4-2-1-3-5-7(6)9-10-8-5/h1-3H,4H2. The summed E-state index contributed by atoms with van der Waals surface area (Å²) in [5, 5.41) is 10.7. The molecule has 1 aliphatic carbocycles. The summed E-state index contributed by atoms with van der Waals surface area (Å²) in [6.45, 7) is 0. The number of carbonyl (C=O) groups is 1. The second-order valence-electron chi connectivity index (χ2n) is 2.25. The van der Waals surface area contributed by atoms with Crippen LogP contribution in [0.2, 0.25) is 0 Å². The molecule has 11 heavy (non-hydrogen) atoms. The zero-order chi connectivity index (χ0) is 7.68. The maximum absolute atomic E-state index is 11.2. The summed E-state index contributed by atoms with van der Waals surface area (Å²) in [6.07, 6.45) is 5.70. The summed E-state index contributed by atoms with van der Waals surface area (Å²) in [4.78, 5) is 11.2. The normalized spacial score (nSPS) is 20.9. The van der Waals surface area contributed by atoms with Gasteiger partial charge in [-0.3, -0.25) is 4.79 Å². The summed E-state index contributed by atoms with van der Waals surface area (Å²) in [6, 6.07) is 0. The highest BCUT2D eigenvalue weighted by molar-refractivity contribution is 6.46. The molecule has 0 radical (unpaired) electrons. The molecular formula is C7H5N3O. The maximum Gasteiger partial charge on any atom is 0.189 e. The Morgan fingerprint density at radius 2 is 2.36 bits per heavy atom. The maximum atomic E-state index is 11.2. The van der Waals surface area contributed by atoms with Gasteiger partial charge in [-0.2, -0.15) is 0 Å². The van der Waals surface area contributed by atoms with Gasteiger partial charge in [0, 0.05) is 6.42 Å². The number of fused-ring (bicyclic) bond motifs is 1. The fourth-order valence-corrected chi connectivity index (χ4v) is 0.956. The van der Waals surface area contributed by atoms with E-state index in [-0.39, 0.29) is 5.78 Å². The van der Waals surface area contributed by atoms with E-state index >= 15 is 0 Å². The average molecular weight is 147 g/mol. The van der Waals surface area contributed by atoms with Crippen LogP contribution in [0.25, 0.3) is 0 Å². The predicted octanol–water partition coefficient (Wildman–Crippen LogP) is 1.22. The minimum absolute atomic E-state index is 0.0185. The molecule has 54 valence electrons. The zero-order valence-electron chi connectivity index (χ0n) is 5.69. The van der Waals surface area contributed by atoms with Crippen molar-refractivity contribution in [1.29, 1.82) is 0 Å². The monoisotopic (exact) mass is 147 g/mol. The molecule has 0 amide bonds. The van der Waals surface area contributed by atoms with E-state index in [2.05, 4.69) is 15.4 Å². The van der Waals surface area contributed by atoms with E-state index in [1.54, 1.807) is 18.2 Å². The van der Waals surface area contributed by atoms with E-state index in [9.17, 15) is 4.79 Å². The van der Waals surface area contributed by atoms with Gasteiger partial charge in [0.2, 0.25) is 0 Å². The molecular weight excluding hydrogens is 142 g/mol. The highest BCUT2D eigenvalue weighted by atomic mass is 16.1. The Morgan fingerprint density at radius 3 is 3.27 bits per heavy atom. The molecule has 0 bridgehead atoms. The molecule has 4 nitrogen and oxygen atoms in total. The van der Waals surface area contributed by atoms with Crippen LogP contribution in [0.4, 0.5) is 0 Å². The first-order valence-corrected chi connectivity index (χ1v) is 3.27. The Balaban J connectivity index is 2.47. The van der Waals surface area contributed by atoms with E-state index < -0.39 is 0 Å². The van der Waals surface area contributed by atoms with E-state index in [1.165, 1.54) is 0 Å². The fraction of sp³-hybridized carbons (Fsp3) is 0.143. The lowest BCUT2D eigenvalue weighted by Crippen LogP contribution is -2.11. The molecule has 0 aromatic heterocycles. The summed E-state index contributed by atoms with van der Waals surface area (Å²) >= 11 is 0. The Labute approximate surface area is 63.0 Å². The molecule has 0 aromatic carbocycles. The van der Waals surface area contributed by atoms with Crippen LogP contribution in [-0.4, -0.2) is 11.5 Å². The van der Waals surface area contributed by atoms with Gasteiger partial charge in [-0.25, -0.2) is 0 Å². The van der Waals surface area contributed by atoms with E-state index in [0.29, 0.717) is 17.8 Å². The van der Waals surface area contributed by atoms with Gasteiger partial charge in [-0.15, -0.1) is 10.2 Å². The van der Waals surface area contributed by atoms with Crippen molar-refractivity contribution in [2.75, 3.05) is 0 Å². The molecule has 0 saturated heterocycles. The molecule has 2 rings (SSSR count). The first kappa shape index (κ1) is 6.15. The highest BCUT2D eigenvalue weighted by Gasteiger charge is 2.20. The molecule has 0 saturated carbocycles. The van der Waals surface area contributed by atoms with Crippen molar-refractivity contribution in [3.8, 4) is 0 Å². The summed E-state index contributed by atoms with van der Waals surface area (Å²) in [7, 11) is 0. The SMILES string of the molecule is O=C1CC=CC=C2N=NN=C12. The molecule has 0 aromatic rings. The number of allylic oxidation sites excluding steroid dienone is 4. The van der Waals surface area contributed by atoms with Crippen LogP contribution in [0.5, 0.6) is 0 Å². The minimum Gasteiger partial charge on any atom is -0.292 e. The fourth-order valence-electron chi connectivity index (χ4n) is 0.956. The van der Waals surface area contributed by atoms with Crippen LogP contribution in [0.15, 0.2) is 39.4 Å². The molecule has 1 heterocycles. The van der Waals surface area contributed by atoms with Crippen molar-refractivity contribution in [2.24, 2.45) is 15.4 Å². The van der Waals surface area contributed by atoms with Crippen molar-refractivity contribution in [2.45, 2.75) is 6.42 Å². The van der Waals surface area contributed by atoms with Crippen LogP contribution < -0.4 is 0 Å². The number of rotatable bonds is 0. The van der Waals surface area contributed by atoms with Crippen molar-refractivity contribution in [1.82, 2.24) is 0 Å². The molecule has 1 aliphatic heterocycles. The van der Waals surface area contributed by atoms with Crippen LogP contribution in [0.1, 0.15) is 6.42 Å². The smallest absolute Gasteiger partial charge is 0.189 e. The van der Waals surface area contributed by atoms with Crippen LogP contribution in [0.3, 0.4) is 0 Å². The molecule has 0 unspecified atom stereocenters. The largest absolute Gasteiger partial charge is 0.292 e. The quantitative estimate of drug-likeness (QED) is 0.508. The molecule has 0 fully saturated rings. The van der Waals surface area contributed by atoms with E-state index in [1.807, 2.05) is 0 Å². The number of carbonyl (C=O) groups excluding carboxylic acids is 1. The third-order valence-corrected chi connectivity index (χ3v) is 1.50. The lowest BCUT2D eigenvalue weighted by Gasteiger charge is -1.90. The first-order valence-electron chi connectivity index (χ1n) is 3.27. The Hall–Kier alpha value is -1.58. The first-order chi connectivity index (χ1) is 5.38. The van der Waals surface area contributed by atoms with Crippen molar-refractivity contribution >= 4 is 11.5 Å². The molecule has 0 atom stereocenters. The summed E-state index contributed by atoms with van der Waals surface area (Å²) in [5.41, 5.74) is 0.957. The topological polar surface area (TPSA) is 54.1 Å². The van der Waals surface area contributed by atoms with Crippen LogP contribution in [-0.2, 0) is 4.79 Å². The zero-order valence-corrected chi connectivity index (χ0v) is 5.69. The number of ketones is 1. The van der Waals surface area contributed by atoms with Gasteiger partial charge in [0.05, 0.1) is 0 Å². The van der Waals surface area contributed by atoms with Gasteiger partial charge in [-0.1, -0.05) is 12.2 Å². The van der Waals surface area contributed by atoms with Gasteiger partial charge in [0.25, 0.3) is 0 Å². The third-order valence-electron chi connectivity index (χ3n) is 1.50. The second-order valence-corrected chi connectivity index (χ2v) is 2.25. The molecule has 0 N–H and O–H groups in total. The van der Waals surface area contributed by atoms with Crippen molar-refractivity contribution in [3.05, 3.63) is 23.9 Å². The van der Waals surface area contributed by atoms with Crippen LogP contribution in [0, 0.1) is 0 Å². The van der Waals surface area contributed by atoms with E-state index in [0.717, 1.165) is 0 Å². The highest BCUT2D eigenvalue weighted by Crippen LogP contribution is 2.14. The van der Waals surface area contributed by atoms with Crippen molar-refractivity contribution in [3.63, 3.8) is 0 Å². The Bertz CT molecular complexity index is 323. The second kappa shape index (κ2) is 2.23. The molecule has 0 spiro atoms. The van der Waals surface area contributed by atoms with Crippen molar-refractivity contribution < 1.29 is 4.79 Å². The summed E-state index contributed by atoms with van der Waals surface area (Å²) in [5.74, 6) is -0.0185. The number of hydrogen-bond donors (Lipinski definition) is 0.